The van der Waals surface area contributed by atoms with Gasteiger partial charge in [-0.05, 0) is 78.4 Å². The second-order valence-electron chi connectivity index (χ2n) is 7.73. The van der Waals surface area contributed by atoms with Crippen molar-refractivity contribution in [3.05, 3.63) is 95.8 Å². The molecule has 0 fully saturated rings. The predicted octanol–water partition coefficient (Wildman–Crippen LogP) is 7.79. The molecule has 0 radical (unpaired) electrons. The smallest absolute Gasteiger partial charge is 0.227 e. The molecule has 0 amide bonds. The lowest BCUT2D eigenvalue weighted by Gasteiger charge is -2.11. The van der Waals surface area contributed by atoms with Crippen LogP contribution >= 0.6 is 0 Å². The van der Waals surface area contributed by atoms with Crippen LogP contribution in [0.1, 0.15) is 29.2 Å². The van der Waals surface area contributed by atoms with E-state index in [2.05, 4.69) is 9.97 Å². The highest BCUT2D eigenvalue weighted by atomic mass is 16.3. The van der Waals surface area contributed by atoms with Gasteiger partial charge >= 0.3 is 0 Å². The predicted molar refractivity (Wildman–Crippen MR) is 132 cm³/mol. The Bertz CT molecular complexity index is 1970. The molecule has 32 heavy (non-hydrogen) atoms. The van der Waals surface area contributed by atoms with E-state index in [4.69, 9.17) is 16.8 Å². The van der Waals surface area contributed by atoms with Crippen molar-refractivity contribution >= 4 is 32.8 Å². The molecule has 0 saturated heterocycles. The van der Waals surface area contributed by atoms with E-state index < -0.39 is 20.6 Å². The summed E-state index contributed by atoms with van der Waals surface area (Å²) in [5.74, 6) is 0. The zero-order chi connectivity index (χ0) is 29.3. The molecule has 0 bridgehead atoms. The maximum atomic E-state index is 8.14. The summed E-state index contributed by atoms with van der Waals surface area (Å²) in [6.45, 7) is -7.12. The molecule has 0 spiro atoms. The molecule has 3 aromatic carbocycles. The quantitative estimate of drug-likeness (QED) is 0.285. The first-order valence-corrected chi connectivity index (χ1v) is 10.1. The highest BCUT2D eigenvalue weighted by molar-refractivity contribution is 6.08. The summed E-state index contributed by atoms with van der Waals surface area (Å²) in [6.07, 6.45) is 1.33. The van der Waals surface area contributed by atoms with Crippen LogP contribution in [0.2, 0.25) is 0 Å². The van der Waals surface area contributed by atoms with Crippen molar-refractivity contribution in [1.82, 2.24) is 9.97 Å². The number of pyridine rings is 2. The normalized spacial score (nSPS) is 16.9. The molecule has 3 heterocycles. The van der Waals surface area contributed by atoms with Crippen LogP contribution < -0.4 is 0 Å². The lowest BCUT2D eigenvalue weighted by Crippen LogP contribution is -1.90. The van der Waals surface area contributed by atoms with Crippen LogP contribution in [-0.4, -0.2) is 9.97 Å². The minimum Gasteiger partial charge on any atom is -0.437 e. The molecule has 6 aromatic rings. The molecule has 0 aliphatic carbocycles. The largest absolute Gasteiger partial charge is 0.437 e. The average Bonchev–Trinajstić information content (AvgIpc) is 3.29. The molecule has 6 rings (SSSR count). The number of nitrogens with zero attached hydrogens (tertiary/aromatic N) is 2. The molecule has 0 aliphatic heterocycles. The van der Waals surface area contributed by atoms with Crippen LogP contribution in [0, 0.1) is 20.6 Å². The van der Waals surface area contributed by atoms with Crippen LogP contribution in [0.25, 0.3) is 55.2 Å². The SMILES string of the molecule is [2H]C([2H])([2H])c1ccc2ccc(-c3cc(-c4cccc5c4oc4nc(C([2H])([2H])[2H])ccc45)ncc3C([2H])([2H])[2H])cc2c1. The third-order valence-electron chi connectivity index (χ3n) is 5.70. The summed E-state index contributed by atoms with van der Waals surface area (Å²) >= 11 is 0. The van der Waals surface area contributed by atoms with Gasteiger partial charge in [-0.25, -0.2) is 4.98 Å². The summed E-state index contributed by atoms with van der Waals surface area (Å²) in [5, 5.41) is 2.85. The summed E-state index contributed by atoms with van der Waals surface area (Å²) in [4.78, 5) is 8.70. The molecule has 154 valence electrons. The van der Waals surface area contributed by atoms with E-state index in [0.29, 0.717) is 44.1 Å². The number of fused-ring (bicyclic) bond motifs is 4. The number of benzene rings is 3. The lowest BCUT2D eigenvalue weighted by molar-refractivity contribution is 0.653. The standard InChI is InChI=1S/C29H22N2O/c1-17-7-9-20-10-11-21(14-22(20)13-17)26-15-27(30-16-18(26)2)25-6-4-5-23-24-12-8-19(3)31-29(24)32-28(23)25/h4-16H,1-3H3/i1D3,2D3,3D3. The highest BCUT2D eigenvalue weighted by Gasteiger charge is 2.15. The van der Waals surface area contributed by atoms with E-state index in [0.717, 1.165) is 5.39 Å². The fourth-order valence-electron chi connectivity index (χ4n) is 4.14. The van der Waals surface area contributed by atoms with Crippen molar-refractivity contribution in [1.29, 1.82) is 0 Å². The minimum atomic E-state index is -2.46. The maximum absolute atomic E-state index is 8.14. The van der Waals surface area contributed by atoms with Crippen LogP contribution in [-0.2, 0) is 0 Å². The average molecular weight is 424 g/mol. The lowest BCUT2D eigenvalue weighted by atomic mass is 9.96. The summed E-state index contributed by atoms with van der Waals surface area (Å²) in [5.41, 5.74) is 2.84. The van der Waals surface area contributed by atoms with E-state index in [-0.39, 0.29) is 22.5 Å². The first kappa shape index (κ1) is 11.6. The molecule has 3 heteroatoms. The Morgan fingerprint density at radius 3 is 2.66 bits per heavy atom. The Kier molecular flexibility index (Phi) is 2.54. The third kappa shape index (κ3) is 2.97. The first-order valence-electron chi connectivity index (χ1n) is 14.6. The van der Waals surface area contributed by atoms with Gasteiger partial charge in [0.2, 0.25) is 5.71 Å². The Labute approximate surface area is 199 Å². The molecule has 3 nitrogen and oxygen atoms in total. The van der Waals surface area contributed by atoms with E-state index >= 15 is 0 Å². The maximum Gasteiger partial charge on any atom is 0.227 e. The molecule has 0 atom stereocenters. The van der Waals surface area contributed by atoms with Crippen molar-refractivity contribution in [2.24, 2.45) is 0 Å². The van der Waals surface area contributed by atoms with Gasteiger partial charge in [-0.2, -0.15) is 0 Å². The van der Waals surface area contributed by atoms with E-state index in [1.165, 1.54) is 12.3 Å². The first-order chi connectivity index (χ1) is 19.2. The Hall–Kier alpha value is -3.98. The molecular formula is C29H22N2O. The van der Waals surface area contributed by atoms with E-state index in [1.807, 2.05) is 18.2 Å². The highest BCUT2D eigenvalue weighted by Crippen LogP contribution is 2.36. The zero-order valence-corrected chi connectivity index (χ0v) is 16.8. The van der Waals surface area contributed by atoms with Crippen molar-refractivity contribution in [3.63, 3.8) is 0 Å². The number of aryl methyl sites for hydroxylation is 3. The number of aromatic nitrogens is 2. The molecule has 0 N–H and O–H groups in total. The second-order valence-corrected chi connectivity index (χ2v) is 7.73. The number of furan rings is 1. The topological polar surface area (TPSA) is 38.9 Å². The monoisotopic (exact) mass is 423 g/mol. The Balaban J connectivity index is 1.55. The number of hydrogen-bond acceptors (Lipinski definition) is 3. The van der Waals surface area contributed by atoms with Gasteiger partial charge < -0.3 is 4.42 Å². The molecular weight excluding hydrogens is 392 g/mol. The van der Waals surface area contributed by atoms with E-state index in [1.54, 1.807) is 48.5 Å². The van der Waals surface area contributed by atoms with Crippen molar-refractivity contribution in [2.75, 3.05) is 0 Å². The van der Waals surface area contributed by atoms with Crippen molar-refractivity contribution in [3.8, 4) is 22.4 Å². The summed E-state index contributed by atoms with van der Waals surface area (Å²) < 4.78 is 76.8. The van der Waals surface area contributed by atoms with Gasteiger partial charge in [0.05, 0.1) is 5.69 Å². The van der Waals surface area contributed by atoms with Crippen LogP contribution in [0.15, 0.2) is 83.4 Å². The zero-order valence-electron chi connectivity index (χ0n) is 25.8. The fraction of sp³-hybridized carbons (Fsp3) is 0.103. The number of para-hydroxylation sites is 1. The van der Waals surface area contributed by atoms with Gasteiger partial charge in [0.25, 0.3) is 0 Å². The Morgan fingerprint density at radius 2 is 1.75 bits per heavy atom. The van der Waals surface area contributed by atoms with Gasteiger partial charge in [0.1, 0.15) is 5.58 Å². The fourth-order valence-corrected chi connectivity index (χ4v) is 4.14. The Morgan fingerprint density at radius 1 is 0.781 bits per heavy atom. The van der Waals surface area contributed by atoms with Gasteiger partial charge in [-0.15, -0.1) is 0 Å². The number of hydrogen-bond donors (Lipinski definition) is 0. The van der Waals surface area contributed by atoms with Gasteiger partial charge in [0, 0.05) is 40.6 Å². The van der Waals surface area contributed by atoms with Gasteiger partial charge in [-0.3, -0.25) is 4.98 Å². The summed E-state index contributed by atoms with van der Waals surface area (Å²) in [6, 6.07) is 20.5. The second kappa shape index (κ2) is 7.03. The number of rotatable bonds is 2. The molecule has 0 unspecified atom stereocenters. The van der Waals surface area contributed by atoms with Crippen LogP contribution in [0.5, 0.6) is 0 Å². The minimum absolute atomic E-state index is 0.0494. The van der Waals surface area contributed by atoms with E-state index in [9.17, 15) is 0 Å². The van der Waals surface area contributed by atoms with Crippen molar-refractivity contribution in [2.45, 2.75) is 20.6 Å². The molecule has 0 saturated carbocycles. The van der Waals surface area contributed by atoms with Crippen molar-refractivity contribution < 1.29 is 16.8 Å². The summed E-state index contributed by atoms with van der Waals surface area (Å²) in [7, 11) is 0. The van der Waals surface area contributed by atoms with Gasteiger partial charge in [0.15, 0.2) is 0 Å². The van der Waals surface area contributed by atoms with Gasteiger partial charge in [-0.1, -0.05) is 48.0 Å². The third-order valence-corrected chi connectivity index (χ3v) is 5.70. The van der Waals surface area contributed by atoms with Crippen LogP contribution in [0.3, 0.4) is 0 Å². The molecule has 3 aromatic heterocycles. The molecule has 0 aliphatic rings. The van der Waals surface area contributed by atoms with Crippen LogP contribution in [0.4, 0.5) is 0 Å².